The van der Waals surface area contributed by atoms with Crippen LogP contribution in [0.1, 0.15) is 23.7 Å². The molecule has 0 aliphatic carbocycles. The van der Waals surface area contributed by atoms with E-state index in [9.17, 15) is 4.39 Å². The number of halogens is 1. The van der Waals surface area contributed by atoms with Gasteiger partial charge in [-0.25, -0.2) is 4.39 Å². The minimum absolute atomic E-state index is 0.301. The third kappa shape index (κ3) is 3.13. The van der Waals surface area contributed by atoms with Gasteiger partial charge in [0.1, 0.15) is 6.67 Å². The van der Waals surface area contributed by atoms with Crippen LogP contribution < -0.4 is 5.32 Å². The predicted molar refractivity (Wildman–Crippen MR) is 72.9 cm³/mol. The number of anilines is 1. The van der Waals surface area contributed by atoms with Gasteiger partial charge in [-0.05, 0) is 20.8 Å². The summed E-state index contributed by atoms with van der Waals surface area (Å²) in [7, 11) is 0. The summed E-state index contributed by atoms with van der Waals surface area (Å²) in [5.74, 6) is 0.803. The summed E-state index contributed by atoms with van der Waals surface area (Å²) in [5.41, 5.74) is 3.20. The van der Waals surface area contributed by atoms with Crippen molar-refractivity contribution in [3.05, 3.63) is 29.2 Å². The van der Waals surface area contributed by atoms with Gasteiger partial charge in [-0.3, -0.25) is 9.36 Å². The molecule has 5 nitrogen and oxygen atoms in total. The maximum absolute atomic E-state index is 12.3. The molecule has 0 aliphatic rings. The molecule has 2 rings (SSSR count). The molecule has 2 aromatic rings. The topological polar surface area (TPSA) is 47.7 Å². The molecule has 104 valence electrons. The fourth-order valence-corrected chi connectivity index (χ4v) is 1.97. The van der Waals surface area contributed by atoms with Crippen molar-refractivity contribution in [2.75, 3.05) is 12.0 Å². The van der Waals surface area contributed by atoms with E-state index < -0.39 is 6.67 Å². The van der Waals surface area contributed by atoms with Crippen LogP contribution in [0, 0.1) is 13.8 Å². The quantitative estimate of drug-likeness (QED) is 0.871. The summed E-state index contributed by atoms with van der Waals surface area (Å²) in [6.45, 7) is 7.47. The molecule has 6 heteroatoms. The predicted octanol–water partition coefficient (Wildman–Crippen LogP) is 2.30. The van der Waals surface area contributed by atoms with Gasteiger partial charge in [0.25, 0.3) is 0 Å². The SMILES string of the molecule is CCn1cc(CNc2nn(CCF)cc2C)c(C)n1. The van der Waals surface area contributed by atoms with Crippen LogP contribution in [-0.4, -0.2) is 26.2 Å². The van der Waals surface area contributed by atoms with Crippen LogP contribution in [0.25, 0.3) is 0 Å². The highest BCUT2D eigenvalue weighted by Crippen LogP contribution is 2.14. The van der Waals surface area contributed by atoms with Crippen LogP contribution in [0.3, 0.4) is 0 Å². The summed E-state index contributed by atoms with van der Waals surface area (Å²) in [6.07, 6.45) is 3.89. The Morgan fingerprint density at radius 3 is 2.63 bits per heavy atom. The molecule has 19 heavy (non-hydrogen) atoms. The van der Waals surface area contributed by atoms with Gasteiger partial charge in [0.15, 0.2) is 5.82 Å². The van der Waals surface area contributed by atoms with Gasteiger partial charge in [-0.1, -0.05) is 0 Å². The zero-order valence-corrected chi connectivity index (χ0v) is 11.6. The summed E-state index contributed by atoms with van der Waals surface area (Å²) < 4.78 is 15.8. The van der Waals surface area contributed by atoms with Gasteiger partial charge in [0, 0.05) is 36.6 Å². The zero-order chi connectivity index (χ0) is 13.8. The van der Waals surface area contributed by atoms with E-state index in [4.69, 9.17) is 0 Å². The van der Waals surface area contributed by atoms with E-state index in [1.807, 2.05) is 30.9 Å². The van der Waals surface area contributed by atoms with Gasteiger partial charge >= 0.3 is 0 Å². The lowest BCUT2D eigenvalue weighted by atomic mass is 10.2. The standard InChI is InChI=1S/C13H20FN5/c1-4-18-9-12(11(3)16-18)7-15-13-10(2)8-19(17-13)6-5-14/h8-9H,4-7H2,1-3H3,(H,15,17). The molecule has 2 heterocycles. The van der Waals surface area contributed by atoms with Crippen LogP contribution in [0.4, 0.5) is 10.2 Å². The smallest absolute Gasteiger partial charge is 0.151 e. The van der Waals surface area contributed by atoms with Crippen LogP contribution in [0.15, 0.2) is 12.4 Å². The van der Waals surface area contributed by atoms with Gasteiger partial charge in [0.2, 0.25) is 0 Å². The first-order valence-electron chi connectivity index (χ1n) is 6.50. The van der Waals surface area contributed by atoms with Crippen LogP contribution >= 0.6 is 0 Å². The normalized spacial score (nSPS) is 10.9. The monoisotopic (exact) mass is 265 g/mol. The highest BCUT2D eigenvalue weighted by Gasteiger charge is 2.07. The second kappa shape index (κ2) is 5.86. The number of rotatable bonds is 6. The number of aryl methyl sites for hydroxylation is 4. The average Bonchev–Trinajstić information content (AvgIpc) is 2.91. The highest BCUT2D eigenvalue weighted by molar-refractivity contribution is 5.42. The number of alkyl halides is 1. The molecule has 0 aliphatic heterocycles. The molecule has 0 radical (unpaired) electrons. The molecule has 0 bridgehead atoms. The third-order valence-electron chi connectivity index (χ3n) is 3.08. The largest absolute Gasteiger partial charge is 0.364 e. The Labute approximate surface area is 112 Å². The maximum Gasteiger partial charge on any atom is 0.151 e. The molecule has 0 spiro atoms. The van der Waals surface area contributed by atoms with Crippen molar-refractivity contribution in [3.8, 4) is 0 Å². The van der Waals surface area contributed by atoms with Gasteiger partial charge in [-0.2, -0.15) is 10.2 Å². The van der Waals surface area contributed by atoms with E-state index >= 15 is 0 Å². The van der Waals surface area contributed by atoms with Crippen molar-refractivity contribution in [2.24, 2.45) is 0 Å². The number of aromatic nitrogens is 4. The summed E-state index contributed by atoms with van der Waals surface area (Å²) >= 11 is 0. The summed E-state index contributed by atoms with van der Waals surface area (Å²) in [6, 6.07) is 0. The first kappa shape index (κ1) is 13.6. The van der Waals surface area contributed by atoms with Crippen molar-refractivity contribution in [3.63, 3.8) is 0 Å². The third-order valence-corrected chi connectivity index (χ3v) is 3.08. The van der Waals surface area contributed by atoms with Crippen molar-refractivity contribution in [1.82, 2.24) is 19.6 Å². The molecule has 0 saturated heterocycles. The number of nitrogens with one attached hydrogen (secondary N) is 1. The Morgan fingerprint density at radius 2 is 2.00 bits per heavy atom. The Kier molecular flexibility index (Phi) is 4.19. The van der Waals surface area contributed by atoms with E-state index in [1.165, 1.54) is 0 Å². The van der Waals surface area contributed by atoms with Crippen molar-refractivity contribution >= 4 is 5.82 Å². The number of hydrogen-bond acceptors (Lipinski definition) is 3. The minimum atomic E-state index is -0.400. The van der Waals surface area contributed by atoms with E-state index in [1.54, 1.807) is 4.68 Å². The van der Waals surface area contributed by atoms with Crippen molar-refractivity contribution in [1.29, 1.82) is 0 Å². The van der Waals surface area contributed by atoms with Crippen LogP contribution in [0.2, 0.25) is 0 Å². The second-order valence-corrected chi connectivity index (χ2v) is 4.56. The van der Waals surface area contributed by atoms with Gasteiger partial charge in [0.05, 0.1) is 12.2 Å². The second-order valence-electron chi connectivity index (χ2n) is 4.56. The van der Waals surface area contributed by atoms with Crippen LogP contribution in [0.5, 0.6) is 0 Å². The molecule has 1 N–H and O–H groups in total. The molecule has 0 amide bonds. The molecule has 0 saturated carbocycles. The molecular weight excluding hydrogens is 245 g/mol. The fourth-order valence-electron chi connectivity index (χ4n) is 1.97. The van der Waals surface area contributed by atoms with E-state index in [0.717, 1.165) is 29.2 Å². The first-order chi connectivity index (χ1) is 9.13. The van der Waals surface area contributed by atoms with Crippen molar-refractivity contribution in [2.45, 2.75) is 40.4 Å². The lowest BCUT2D eigenvalue weighted by Crippen LogP contribution is -2.04. The van der Waals surface area contributed by atoms with E-state index in [0.29, 0.717) is 13.1 Å². The lowest BCUT2D eigenvalue weighted by molar-refractivity contribution is 0.427. The Morgan fingerprint density at radius 1 is 1.21 bits per heavy atom. The van der Waals surface area contributed by atoms with Crippen LogP contribution in [-0.2, 0) is 19.6 Å². The Balaban J connectivity index is 2.03. The first-order valence-corrected chi connectivity index (χ1v) is 6.50. The molecule has 0 atom stereocenters. The van der Waals surface area contributed by atoms with Crippen molar-refractivity contribution < 1.29 is 4.39 Å². The highest BCUT2D eigenvalue weighted by atomic mass is 19.1. The lowest BCUT2D eigenvalue weighted by Gasteiger charge is -2.02. The maximum atomic E-state index is 12.3. The minimum Gasteiger partial charge on any atom is -0.364 e. The van der Waals surface area contributed by atoms with Gasteiger partial charge < -0.3 is 5.32 Å². The molecule has 0 aromatic carbocycles. The fraction of sp³-hybridized carbons (Fsp3) is 0.538. The molecule has 2 aromatic heterocycles. The molecular formula is C13H20FN5. The molecule has 0 fully saturated rings. The number of hydrogen-bond donors (Lipinski definition) is 1. The Bertz CT molecular complexity index is 543. The van der Waals surface area contributed by atoms with E-state index in [2.05, 4.69) is 22.4 Å². The van der Waals surface area contributed by atoms with Gasteiger partial charge in [-0.15, -0.1) is 0 Å². The summed E-state index contributed by atoms with van der Waals surface area (Å²) in [5, 5.41) is 12.0. The molecule has 0 unspecified atom stereocenters. The Hall–Kier alpha value is -1.85. The zero-order valence-electron chi connectivity index (χ0n) is 11.6. The summed E-state index contributed by atoms with van der Waals surface area (Å²) in [4.78, 5) is 0. The average molecular weight is 265 g/mol. The van der Waals surface area contributed by atoms with E-state index in [-0.39, 0.29) is 0 Å². The number of nitrogens with zero attached hydrogens (tertiary/aromatic N) is 4.